The van der Waals surface area contributed by atoms with Crippen molar-refractivity contribution in [1.82, 2.24) is 10.6 Å². The summed E-state index contributed by atoms with van der Waals surface area (Å²) >= 11 is 0. The monoisotopic (exact) mass is 364 g/mol. The topological polar surface area (TPSA) is 111 Å². The molecule has 1 aromatic carbocycles. The average molecular weight is 364 g/mol. The van der Waals surface area contributed by atoms with Crippen molar-refractivity contribution in [3.63, 3.8) is 0 Å². The molecule has 0 saturated carbocycles. The Kier molecular flexibility index (Phi) is 8.27. The van der Waals surface area contributed by atoms with Gasteiger partial charge in [0.25, 0.3) is 5.91 Å². The molecule has 0 fully saturated rings. The predicted molar refractivity (Wildman–Crippen MR) is 93.1 cm³/mol. The Morgan fingerprint density at radius 2 is 1.58 bits per heavy atom. The van der Waals surface area contributed by atoms with E-state index in [4.69, 9.17) is 0 Å². The van der Waals surface area contributed by atoms with Crippen LogP contribution >= 0.6 is 0 Å². The summed E-state index contributed by atoms with van der Waals surface area (Å²) in [7, 11) is 2.32. The third kappa shape index (κ3) is 6.19. The van der Waals surface area contributed by atoms with Gasteiger partial charge in [-0.25, -0.2) is 4.79 Å². The van der Waals surface area contributed by atoms with E-state index in [1.165, 1.54) is 7.11 Å². The molecule has 142 valence electrons. The number of rotatable bonds is 8. The molecular formula is C18H24N2O6. The number of nitrogens with one attached hydrogen (secondary N) is 2. The van der Waals surface area contributed by atoms with E-state index in [2.05, 4.69) is 20.1 Å². The Hall–Kier alpha value is -2.90. The van der Waals surface area contributed by atoms with E-state index in [1.807, 2.05) is 0 Å². The number of methoxy groups -OCH3 is 2. The zero-order valence-corrected chi connectivity index (χ0v) is 15.3. The smallest absolute Gasteiger partial charge is 0.328 e. The molecule has 0 radical (unpaired) electrons. The van der Waals surface area contributed by atoms with Crippen LogP contribution < -0.4 is 10.6 Å². The summed E-state index contributed by atoms with van der Waals surface area (Å²) in [4.78, 5) is 48.1. The highest BCUT2D eigenvalue weighted by molar-refractivity contribution is 5.98. The molecule has 0 saturated heterocycles. The maximum atomic E-state index is 12.6. The van der Waals surface area contributed by atoms with Gasteiger partial charge in [-0.3, -0.25) is 14.4 Å². The molecule has 1 aromatic rings. The minimum atomic E-state index is -1.20. The lowest BCUT2D eigenvalue weighted by Crippen LogP contribution is -2.54. The lowest BCUT2D eigenvalue weighted by atomic mass is 10.0. The largest absolute Gasteiger partial charge is 0.469 e. The van der Waals surface area contributed by atoms with E-state index in [-0.39, 0.29) is 12.3 Å². The molecule has 26 heavy (non-hydrogen) atoms. The molecule has 0 aromatic heterocycles. The van der Waals surface area contributed by atoms with Crippen LogP contribution in [0.4, 0.5) is 0 Å². The Balaban J connectivity index is 2.87. The van der Waals surface area contributed by atoms with E-state index in [0.29, 0.717) is 5.56 Å². The zero-order chi connectivity index (χ0) is 19.7. The number of amides is 2. The number of ether oxygens (including phenoxy) is 2. The standard InChI is InChI=1S/C18H24N2O6/c1-11(2)15(20-16(22)12-8-6-5-7-9-12)17(23)19-13(18(24)26-4)10-14(21)25-3/h5-9,11,13,15H,10H2,1-4H3,(H,19,23)(H,20,22)/t13-,15-/m0/s1. The van der Waals surface area contributed by atoms with Crippen LogP contribution in [0.3, 0.4) is 0 Å². The quantitative estimate of drug-likeness (QED) is 0.656. The van der Waals surface area contributed by atoms with Gasteiger partial charge < -0.3 is 20.1 Å². The molecule has 0 unspecified atom stereocenters. The highest BCUT2D eigenvalue weighted by Crippen LogP contribution is 2.07. The molecule has 0 heterocycles. The molecule has 8 heteroatoms. The van der Waals surface area contributed by atoms with Crippen molar-refractivity contribution in [2.45, 2.75) is 32.4 Å². The lowest BCUT2D eigenvalue weighted by molar-refractivity contribution is -0.151. The van der Waals surface area contributed by atoms with Crippen molar-refractivity contribution in [3.8, 4) is 0 Å². The van der Waals surface area contributed by atoms with Gasteiger partial charge in [0, 0.05) is 5.56 Å². The number of carbonyl (C=O) groups is 4. The van der Waals surface area contributed by atoms with E-state index < -0.39 is 35.8 Å². The van der Waals surface area contributed by atoms with Crippen LogP contribution in [0, 0.1) is 5.92 Å². The molecule has 0 spiro atoms. The summed E-state index contributed by atoms with van der Waals surface area (Å²) in [5.41, 5.74) is 0.407. The number of hydrogen-bond acceptors (Lipinski definition) is 6. The Morgan fingerprint density at radius 3 is 2.08 bits per heavy atom. The highest BCUT2D eigenvalue weighted by atomic mass is 16.5. The minimum Gasteiger partial charge on any atom is -0.469 e. The molecule has 2 atom stereocenters. The average Bonchev–Trinajstić information content (AvgIpc) is 2.64. The molecule has 2 N–H and O–H groups in total. The molecule has 0 aliphatic rings. The van der Waals surface area contributed by atoms with Crippen LogP contribution in [0.5, 0.6) is 0 Å². The summed E-state index contributed by atoms with van der Waals surface area (Å²) in [6, 6.07) is 6.35. The number of benzene rings is 1. The predicted octanol–water partition coefficient (Wildman–Crippen LogP) is 0.662. The van der Waals surface area contributed by atoms with Crippen molar-refractivity contribution < 1.29 is 28.7 Å². The van der Waals surface area contributed by atoms with Crippen LogP contribution in [-0.2, 0) is 23.9 Å². The molecule has 1 rings (SSSR count). The van der Waals surface area contributed by atoms with Crippen molar-refractivity contribution in [2.75, 3.05) is 14.2 Å². The van der Waals surface area contributed by atoms with Crippen LogP contribution in [-0.4, -0.2) is 50.1 Å². The van der Waals surface area contributed by atoms with E-state index in [1.54, 1.807) is 44.2 Å². The summed E-state index contributed by atoms with van der Waals surface area (Å²) < 4.78 is 9.12. The number of hydrogen-bond donors (Lipinski definition) is 2. The zero-order valence-electron chi connectivity index (χ0n) is 15.3. The lowest BCUT2D eigenvalue weighted by Gasteiger charge is -2.24. The maximum absolute atomic E-state index is 12.6. The summed E-state index contributed by atoms with van der Waals surface area (Å²) in [5, 5.41) is 5.09. The molecule has 2 amide bonds. The number of esters is 2. The maximum Gasteiger partial charge on any atom is 0.328 e. The highest BCUT2D eigenvalue weighted by Gasteiger charge is 2.31. The number of carbonyl (C=O) groups excluding carboxylic acids is 4. The van der Waals surface area contributed by atoms with Gasteiger partial charge in [-0.15, -0.1) is 0 Å². The first-order chi connectivity index (χ1) is 12.3. The Morgan fingerprint density at radius 1 is 0.962 bits per heavy atom. The van der Waals surface area contributed by atoms with Gasteiger partial charge in [-0.1, -0.05) is 32.0 Å². The van der Waals surface area contributed by atoms with Gasteiger partial charge in [-0.2, -0.15) is 0 Å². The first kappa shape index (κ1) is 21.1. The third-order valence-electron chi connectivity index (χ3n) is 3.67. The first-order valence-electron chi connectivity index (χ1n) is 8.11. The minimum absolute atomic E-state index is 0.251. The molecular weight excluding hydrogens is 340 g/mol. The summed E-state index contributed by atoms with van der Waals surface area (Å²) in [5.74, 6) is -2.71. The Labute approximate surface area is 152 Å². The molecule has 0 aliphatic carbocycles. The van der Waals surface area contributed by atoms with Gasteiger partial charge in [0.05, 0.1) is 20.6 Å². The fraction of sp³-hybridized carbons (Fsp3) is 0.444. The van der Waals surface area contributed by atoms with Gasteiger partial charge in [-0.05, 0) is 18.1 Å². The van der Waals surface area contributed by atoms with Crippen LogP contribution in [0.2, 0.25) is 0 Å². The van der Waals surface area contributed by atoms with Gasteiger partial charge in [0.1, 0.15) is 12.1 Å². The van der Waals surface area contributed by atoms with Crippen molar-refractivity contribution in [1.29, 1.82) is 0 Å². The Bertz CT molecular complexity index is 644. The molecule has 0 aliphatic heterocycles. The van der Waals surface area contributed by atoms with Crippen molar-refractivity contribution in [2.24, 2.45) is 5.92 Å². The van der Waals surface area contributed by atoms with Crippen LogP contribution in [0.1, 0.15) is 30.6 Å². The summed E-state index contributed by atoms with van der Waals surface area (Å²) in [6.45, 7) is 3.51. The van der Waals surface area contributed by atoms with Gasteiger partial charge in [0.2, 0.25) is 5.91 Å². The van der Waals surface area contributed by atoms with Gasteiger partial charge in [0.15, 0.2) is 0 Å². The van der Waals surface area contributed by atoms with Crippen LogP contribution in [0.25, 0.3) is 0 Å². The molecule has 0 bridgehead atoms. The van der Waals surface area contributed by atoms with E-state index in [9.17, 15) is 19.2 Å². The van der Waals surface area contributed by atoms with E-state index in [0.717, 1.165) is 7.11 Å². The third-order valence-corrected chi connectivity index (χ3v) is 3.67. The van der Waals surface area contributed by atoms with E-state index >= 15 is 0 Å². The van der Waals surface area contributed by atoms with Crippen molar-refractivity contribution >= 4 is 23.8 Å². The van der Waals surface area contributed by atoms with Gasteiger partial charge >= 0.3 is 11.9 Å². The molecule has 8 nitrogen and oxygen atoms in total. The second-order valence-corrected chi connectivity index (χ2v) is 5.93. The van der Waals surface area contributed by atoms with Crippen molar-refractivity contribution in [3.05, 3.63) is 35.9 Å². The second kappa shape index (κ2) is 10.2. The SMILES string of the molecule is COC(=O)C[C@H](NC(=O)[C@@H](NC(=O)c1ccccc1)C(C)C)C(=O)OC. The summed E-state index contributed by atoms with van der Waals surface area (Å²) in [6.07, 6.45) is -0.369. The van der Waals surface area contributed by atoms with Crippen LogP contribution in [0.15, 0.2) is 30.3 Å². The first-order valence-corrected chi connectivity index (χ1v) is 8.11. The normalized spacial score (nSPS) is 12.7. The fourth-order valence-corrected chi connectivity index (χ4v) is 2.20. The fourth-order valence-electron chi connectivity index (χ4n) is 2.20. The second-order valence-electron chi connectivity index (χ2n) is 5.93.